The monoisotopic (exact) mass is 515 g/mol. The van der Waals surface area contributed by atoms with Crippen LogP contribution in [0.3, 0.4) is 0 Å². The lowest BCUT2D eigenvalue weighted by Gasteiger charge is -2.36. The summed E-state index contributed by atoms with van der Waals surface area (Å²) in [6, 6.07) is 8.58. The maximum absolute atomic E-state index is 12.9. The van der Waals surface area contributed by atoms with Crippen LogP contribution in [0.25, 0.3) is 0 Å². The Hall–Kier alpha value is -3.34. The van der Waals surface area contributed by atoms with Crippen molar-refractivity contribution >= 4 is 23.9 Å². The van der Waals surface area contributed by atoms with E-state index in [9.17, 15) is 19.2 Å². The zero-order valence-electron chi connectivity index (χ0n) is 21.7. The van der Waals surface area contributed by atoms with Gasteiger partial charge in [0.05, 0.1) is 6.04 Å². The Morgan fingerprint density at radius 1 is 1.05 bits per heavy atom. The van der Waals surface area contributed by atoms with E-state index in [1.807, 2.05) is 51.1 Å². The first-order valence-corrected chi connectivity index (χ1v) is 12.9. The molecule has 3 aliphatic rings. The van der Waals surface area contributed by atoms with E-state index in [1.54, 1.807) is 0 Å². The molecule has 2 aliphatic heterocycles. The highest BCUT2D eigenvalue weighted by atomic mass is 16.7. The number of ether oxygens (including phenoxy) is 1. The quantitative estimate of drug-likeness (QED) is 0.457. The molecule has 37 heavy (non-hydrogen) atoms. The standard InChI is InChI=1S/C26H37N5O6/c1-26(2,3)37-24(34)27-19-13-18(14-19)9-12-22(32)28-29-23(33)21-11-10-20-15-30(21)25(35)31(20)36-16-17-7-5-4-6-8-17/h4-8,18-21H,9-16H2,1-3H3,(H,27,34)(H,28,32)(H,29,33). The molecule has 3 fully saturated rings. The number of hydrogen-bond donors (Lipinski definition) is 3. The molecule has 3 N–H and O–H groups in total. The molecule has 5 amide bonds. The number of fused-ring (bicyclic) bond motifs is 2. The van der Waals surface area contributed by atoms with Crippen molar-refractivity contribution in [3.63, 3.8) is 0 Å². The third kappa shape index (κ3) is 7.12. The Morgan fingerprint density at radius 2 is 1.78 bits per heavy atom. The molecule has 11 heteroatoms. The van der Waals surface area contributed by atoms with Gasteiger partial charge in [0.25, 0.3) is 5.91 Å². The van der Waals surface area contributed by atoms with Gasteiger partial charge in [0.15, 0.2) is 0 Å². The fourth-order valence-corrected chi connectivity index (χ4v) is 4.96. The van der Waals surface area contributed by atoms with Crippen molar-refractivity contribution in [3.8, 4) is 0 Å². The molecule has 2 unspecified atom stereocenters. The summed E-state index contributed by atoms with van der Waals surface area (Å²) < 4.78 is 5.25. The first kappa shape index (κ1) is 26.7. The number of urea groups is 1. The van der Waals surface area contributed by atoms with Gasteiger partial charge in [-0.15, -0.1) is 0 Å². The molecule has 202 valence electrons. The average Bonchev–Trinajstić information content (AvgIpc) is 3.06. The second-order valence-corrected chi connectivity index (χ2v) is 11.0. The van der Waals surface area contributed by atoms with E-state index >= 15 is 0 Å². The van der Waals surface area contributed by atoms with Crippen molar-refractivity contribution in [1.29, 1.82) is 0 Å². The highest BCUT2D eigenvalue weighted by Crippen LogP contribution is 2.32. The molecule has 2 atom stereocenters. The summed E-state index contributed by atoms with van der Waals surface area (Å²) in [5, 5.41) is 4.22. The molecule has 1 aromatic rings. The minimum absolute atomic E-state index is 0.0620. The van der Waals surface area contributed by atoms with Gasteiger partial charge in [-0.2, -0.15) is 5.06 Å². The topological polar surface area (TPSA) is 129 Å². The number of benzene rings is 1. The number of carbonyl (C=O) groups is 4. The number of hydrazine groups is 1. The smallest absolute Gasteiger partial charge is 0.407 e. The second kappa shape index (κ2) is 11.4. The molecule has 2 bridgehead atoms. The lowest BCUT2D eigenvalue weighted by atomic mass is 9.77. The maximum Gasteiger partial charge on any atom is 0.407 e. The van der Waals surface area contributed by atoms with Gasteiger partial charge < -0.3 is 15.0 Å². The Bertz CT molecular complexity index is 991. The summed E-state index contributed by atoms with van der Waals surface area (Å²) in [5.41, 5.74) is 5.38. The molecule has 1 aliphatic carbocycles. The minimum atomic E-state index is -0.652. The minimum Gasteiger partial charge on any atom is -0.444 e. The van der Waals surface area contributed by atoms with Crippen molar-refractivity contribution in [1.82, 2.24) is 26.1 Å². The van der Waals surface area contributed by atoms with Gasteiger partial charge in [0.1, 0.15) is 18.2 Å². The van der Waals surface area contributed by atoms with Gasteiger partial charge in [-0.05, 0) is 64.4 Å². The highest BCUT2D eigenvalue weighted by Gasteiger charge is 2.48. The number of nitrogens with one attached hydrogen (secondary N) is 3. The van der Waals surface area contributed by atoms with Gasteiger partial charge in [0.2, 0.25) is 5.91 Å². The van der Waals surface area contributed by atoms with Gasteiger partial charge in [0, 0.05) is 19.0 Å². The Kier molecular flexibility index (Phi) is 8.21. The molecule has 4 rings (SSSR count). The fraction of sp³-hybridized carbons (Fsp3) is 0.615. The third-order valence-corrected chi connectivity index (χ3v) is 6.90. The van der Waals surface area contributed by atoms with Gasteiger partial charge in [-0.25, -0.2) is 9.59 Å². The summed E-state index contributed by atoms with van der Waals surface area (Å²) in [5.74, 6) is -0.359. The molecular formula is C26H37N5O6. The number of amides is 5. The van der Waals surface area contributed by atoms with Crippen LogP contribution in [0.2, 0.25) is 0 Å². The predicted octanol–water partition coefficient (Wildman–Crippen LogP) is 2.62. The summed E-state index contributed by atoms with van der Waals surface area (Å²) in [4.78, 5) is 57.0. The van der Waals surface area contributed by atoms with Crippen molar-refractivity contribution in [3.05, 3.63) is 35.9 Å². The Balaban J connectivity index is 1.13. The maximum atomic E-state index is 12.9. The van der Waals surface area contributed by atoms with Crippen LogP contribution in [-0.4, -0.2) is 64.2 Å². The van der Waals surface area contributed by atoms with Crippen LogP contribution in [-0.2, 0) is 25.8 Å². The van der Waals surface area contributed by atoms with Crippen LogP contribution in [0.4, 0.5) is 9.59 Å². The molecular weight excluding hydrogens is 478 g/mol. The molecule has 0 spiro atoms. The van der Waals surface area contributed by atoms with E-state index in [4.69, 9.17) is 9.57 Å². The number of rotatable bonds is 8. The van der Waals surface area contributed by atoms with E-state index < -0.39 is 23.6 Å². The Labute approximate surface area is 217 Å². The molecule has 1 saturated carbocycles. The van der Waals surface area contributed by atoms with Gasteiger partial charge in [-0.1, -0.05) is 30.3 Å². The number of piperidine rings is 1. The van der Waals surface area contributed by atoms with E-state index in [1.165, 1.54) is 9.96 Å². The highest BCUT2D eigenvalue weighted by molar-refractivity contribution is 5.90. The summed E-state index contributed by atoms with van der Waals surface area (Å²) in [6.07, 6.45) is 3.23. The number of alkyl carbamates (subject to hydrolysis) is 1. The lowest BCUT2D eigenvalue weighted by Crippen LogP contribution is -2.54. The third-order valence-electron chi connectivity index (χ3n) is 6.90. The molecule has 0 aromatic heterocycles. The van der Waals surface area contributed by atoms with Crippen LogP contribution >= 0.6 is 0 Å². The number of nitrogens with zero attached hydrogens (tertiary/aromatic N) is 2. The SMILES string of the molecule is CC(C)(C)OC(=O)NC1CC(CCC(=O)NNC(=O)C2CCC3CN2C(=O)N3OCc2ccccc2)C1. The largest absolute Gasteiger partial charge is 0.444 e. The lowest BCUT2D eigenvalue weighted by molar-refractivity contribution is -0.140. The average molecular weight is 516 g/mol. The van der Waals surface area contributed by atoms with Crippen LogP contribution in [0, 0.1) is 5.92 Å². The van der Waals surface area contributed by atoms with Crippen molar-refractivity contribution in [2.75, 3.05) is 6.54 Å². The molecule has 2 saturated heterocycles. The molecule has 2 heterocycles. The predicted molar refractivity (Wildman–Crippen MR) is 133 cm³/mol. The number of hydrogen-bond acceptors (Lipinski definition) is 6. The normalized spacial score (nSPS) is 24.8. The van der Waals surface area contributed by atoms with Crippen molar-refractivity contribution in [2.45, 2.75) is 89.6 Å². The van der Waals surface area contributed by atoms with E-state index in [0.717, 1.165) is 18.4 Å². The van der Waals surface area contributed by atoms with Gasteiger partial charge >= 0.3 is 12.1 Å². The van der Waals surface area contributed by atoms with E-state index in [-0.39, 0.29) is 37.0 Å². The van der Waals surface area contributed by atoms with E-state index in [2.05, 4.69) is 16.2 Å². The second-order valence-electron chi connectivity index (χ2n) is 11.0. The number of carbonyl (C=O) groups excluding carboxylic acids is 4. The molecule has 1 aromatic carbocycles. The van der Waals surface area contributed by atoms with Crippen molar-refractivity contribution < 1.29 is 28.8 Å². The van der Waals surface area contributed by atoms with Crippen LogP contribution < -0.4 is 16.2 Å². The summed E-state index contributed by atoms with van der Waals surface area (Å²) >= 11 is 0. The van der Waals surface area contributed by atoms with Crippen LogP contribution in [0.5, 0.6) is 0 Å². The summed E-state index contributed by atoms with van der Waals surface area (Å²) in [6.45, 7) is 6.15. The van der Waals surface area contributed by atoms with Gasteiger partial charge in [-0.3, -0.25) is 25.3 Å². The fourth-order valence-electron chi connectivity index (χ4n) is 4.96. The van der Waals surface area contributed by atoms with Crippen LogP contribution in [0.15, 0.2) is 30.3 Å². The molecule has 11 nitrogen and oxygen atoms in total. The van der Waals surface area contributed by atoms with E-state index in [0.29, 0.717) is 31.7 Å². The Morgan fingerprint density at radius 3 is 2.49 bits per heavy atom. The first-order valence-electron chi connectivity index (χ1n) is 12.9. The zero-order valence-corrected chi connectivity index (χ0v) is 21.7. The molecule has 0 radical (unpaired) electrons. The van der Waals surface area contributed by atoms with Crippen molar-refractivity contribution in [2.24, 2.45) is 5.92 Å². The summed E-state index contributed by atoms with van der Waals surface area (Å²) in [7, 11) is 0. The number of hydroxylamine groups is 2. The first-order chi connectivity index (χ1) is 17.6. The zero-order chi connectivity index (χ0) is 26.6. The van der Waals surface area contributed by atoms with Crippen LogP contribution in [0.1, 0.15) is 64.9 Å².